The second kappa shape index (κ2) is 8.46. The van der Waals surface area contributed by atoms with Crippen LogP contribution in [0.3, 0.4) is 0 Å². The van der Waals surface area contributed by atoms with Crippen LogP contribution in [-0.2, 0) is 4.74 Å². The Morgan fingerprint density at radius 2 is 1.17 bits per heavy atom. The van der Waals surface area contributed by atoms with E-state index >= 15 is 0 Å². The molecule has 0 bridgehead atoms. The Labute approximate surface area is 233 Å². The van der Waals surface area contributed by atoms with Crippen LogP contribution in [0.5, 0.6) is 0 Å². The Balaban J connectivity index is 1.60. The first kappa shape index (κ1) is 24.9. The molecule has 200 valence electrons. The van der Waals surface area contributed by atoms with Gasteiger partial charge in [0.15, 0.2) is 11.6 Å². The van der Waals surface area contributed by atoms with Crippen LogP contribution in [0, 0.1) is 22.5 Å². The van der Waals surface area contributed by atoms with E-state index in [4.69, 9.17) is 4.74 Å². The number of ketones is 4. The summed E-state index contributed by atoms with van der Waals surface area (Å²) in [6, 6.07) is 25.1. The van der Waals surface area contributed by atoms with E-state index in [9.17, 15) is 29.3 Å². The second-order valence-corrected chi connectivity index (χ2v) is 10.7. The van der Waals surface area contributed by atoms with Gasteiger partial charge in [-0.2, -0.15) is 0 Å². The highest BCUT2D eigenvalue weighted by Crippen LogP contribution is 2.68. The van der Waals surface area contributed by atoms with E-state index in [0.717, 1.165) is 5.56 Å². The molecule has 1 heterocycles. The van der Waals surface area contributed by atoms with E-state index in [1.807, 2.05) is 6.92 Å². The molecule has 3 aliphatic rings. The molecule has 0 unspecified atom stereocenters. The predicted octanol–water partition coefficient (Wildman–Crippen LogP) is 5.64. The van der Waals surface area contributed by atoms with Crippen LogP contribution in [0.25, 0.3) is 0 Å². The molecule has 2 aliphatic carbocycles. The van der Waals surface area contributed by atoms with E-state index in [0.29, 0.717) is 5.56 Å². The van der Waals surface area contributed by atoms with Gasteiger partial charge in [-0.25, -0.2) is 0 Å². The van der Waals surface area contributed by atoms with Gasteiger partial charge >= 0.3 is 0 Å². The maximum atomic E-state index is 14.7. The lowest BCUT2D eigenvalue weighted by molar-refractivity contribution is -0.384. The molecule has 4 aromatic carbocycles. The Morgan fingerprint density at radius 3 is 1.68 bits per heavy atom. The maximum absolute atomic E-state index is 14.7. The van der Waals surface area contributed by atoms with Crippen molar-refractivity contribution in [2.45, 2.75) is 24.5 Å². The van der Waals surface area contributed by atoms with E-state index in [1.54, 1.807) is 60.7 Å². The number of nitro groups is 1. The minimum absolute atomic E-state index is 0.114. The quantitative estimate of drug-likeness (QED) is 0.186. The third-order valence-corrected chi connectivity index (χ3v) is 8.63. The van der Waals surface area contributed by atoms with Crippen molar-refractivity contribution in [3.63, 3.8) is 0 Å². The maximum Gasteiger partial charge on any atom is 0.269 e. The van der Waals surface area contributed by atoms with Crippen molar-refractivity contribution in [2.24, 2.45) is 5.41 Å². The zero-order chi connectivity index (χ0) is 28.7. The number of aryl methyl sites for hydroxylation is 1. The molecule has 2 spiro atoms. The second-order valence-electron chi connectivity index (χ2n) is 10.7. The molecule has 7 rings (SSSR count). The molecular weight excluding hydrogens is 522 g/mol. The molecule has 1 fully saturated rings. The van der Waals surface area contributed by atoms with Crippen molar-refractivity contribution < 1.29 is 28.8 Å². The molecule has 1 saturated heterocycles. The largest absolute Gasteiger partial charge is 0.348 e. The van der Waals surface area contributed by atoms with Gasteiger partial charge in [-0.05, 0) is 18.1 Å². The first-order chi connectivity index (χ1) is 19.7. The molecule has 8 nitrogen and oxygen atoms in total. The van der Waals surface area contributed by atoms with E-state index in [1.165, 1.54) is 36.4 Å². The van der Waals surface area contributed by atoms with Crippen molar-refractivity contribution >= 4 is 28.8 Å². The summed E-state index contributed by atoms with van der Waals surface area (Å²) >= 11 is 0. The number of Topliss-reactive ketones (excluding diaryl/α,β-unsaturated/α-hetero) is 4. The van der Waals surface area contributed by atoms with Gasteiger partial charge in [-0.15, -0.1) is 0 Å². The molecule has 41 heavy (non-hydrogen) atoms. The van der Waals surface area contributed by atoms with Gasteiger partial charge in [-0.3, -0.25) is 29.3 Å². The standard InChI is InChI=1S/C33H21NO7/c1-18-13-15-19(16-14-18)31-32(27(35)22-9-2-3-10-23(22)28(32)36)26(20-7-6-8-21(17-20)34(39)40)33(41-31)29(37)24-11-4-5-12-25(24)30(33)38/h2-17,26,31H,1H3/t26-,31-/m1/s1. The molecule has 8 heteroatoms. The Bertz CT molecular complexity index is 1790. The van der Waals surface area contributed by atoms with Gasteiger partial charge in [0.05, 0.1) is 10.8 Å². The van der Waals surface area contributed by atoms with Crippen molar-refractivity contribution in [3.05, 3.63) is 146 Å². The Morgan fingerprint density at radius 1 is 0.659 bits per heavy atom. The number of non-ortho nitro benzene ring substituents is 1. The number of hydrogen-bond donors (Lipinski definition) is 0. The van der Waals surface area contributed by atoms with Crippen molar-refractivity contribution in [2.75, 3.05) is 0 Å². The number of rotatable bonds is 3. The topological polar surface area (TPSA) is 121 Å². The number of hydrogen-bond acceptors (Lipinski definition) is 7. The van der Waals surface area contributed by atoms with Crippen LogP contribution in [0.2, 0.25) is 0 Å². The van der Waals surface area contributed by atoms with E-state index in [2.05, 4.69) is 0 Å². The average Bonchev–Trinajstić information content (AvgIpc) is 3.51. The van der Waals surface area contributed by atoms with Gasteiger partial charge in [0, 0.05) is 34.4 Å². The van der Waals surface area contributed by atoms with Crippen LogP contribution >= 0.6 is 0 Å². The molecule has 0 saturated carbocycles. The molecule has 4 aromatic rings. The zero-order valence-electron chi connectivity index (χ0n) is 21.7. The summed E-state index contributed by atoms with van der Waals surface area (Å²) in [5, 5.41) is 11.8. The number of benzene rings is 4. The summed E-state index contributed by atoms with van der Waals surface area (Å²) in [5.41, 5.74) is -2.68. The number of fused-ring (bicyclic) bond motifs is 2. The summed E-state index contributed by atoms with van der Waals surface area (Å²) in [6.45, 7) is 1.88. The summed E-state index contributed by atoms with van der Waals surface area (Å²) in [7, 11) is 0. The smallest absolute Gasteiger partial charge is 0.269 e. The summed E-state index contributed by atoms with van der Waals surface area (Å²) in [4.78, 5) is 69.3. The molecule has 0 N–H and O–H groups in total. The highest BCUT2D eigenvalue weighted by atomic mass is 16.6. The monoisotopic (exact) mass is 543 g/mol. The molecule has 0 radical (unpaired) electrons. The fraction of sp³-hybridized carbons (Fsp3) is 0.152. The van der Waals surface area contributed by atoms with Gasteiger partial charge in [0.1, 0.15) is 11.5 Å². The number of ether oxygens (including phenoxy) is 1. The molecule has 0 amide bonds. The van der Waals surface area contributed by atoms with Crippen LogP contribution in [0.1, 0.15) is 70.1 Å². The lowest BCUT2D eigenvalue weighted by Gasteiger charge is -2.34. The average molecular weight is 544 g/mol. The first-order valence-electron chi connectivity index (χ1n) is 13.1. The lowest BCUT2D eigenvalue weighted by Crippen LogP contribution is -2.51. The number of nitrogens with zero attached hydrogens (tertiary/aromatic N) is 1. The highest BCUT2D eigenvalue weighted by Gasteiger charge is 2.79. The molecule has 1 aliphatic heterocycles. The fourth-order valence-corrected chi connectivity index (χ4v) is 6.89. The van der Waals surface area contributed by atoms with Gasteiger partial charge in [0.2, 0.25) is 17.2 Å². The Hall–Kier alpha value is -5.08. The third kappa shape index (κ3) is 3.02. The highest BCUT2D eigenvalue weighted by molar-refractivity contribution is 6.37. The van der Waals surface area contributed by atoms with Crippen LogP contribution < -0.4 is 0 Å². The van der Waals surface area contributed by atoms with Crippen molar-refractivity contribution in [3.8, 4) is 0 Å². The molecular formula is C33H21NO7. The summed E-state index contributed by atoms with van der Waals surface area (Å²) in [5.74, 6) is -4.02. The summed E-state index contributed by atoms with van der Waals surface area (Å²) in [6.07, 6.45) is -1.33. The number of carbonyl (C=O) groups excluding carboxylic acids is 4. The van der Waals surface area contributed by atoms with Crippen molar-refractivity contribution in [1.29, 1.82) is 0 Å². The number of nitro benzene ring substituents is 1. The Kier molecular flexibility index (Phi) is 5.14. The SMILES string of the molecule is Cc1ccc([C@H]2OC3(C(=O)c4ccccc4C3=O)[C@H](c3cccc([N+](=O)[O-])c3)C23C(=O)c2ccccc2C3=O)cc1. The van der Waals surface area contributed by atoms with E-state index < -0.39 is 51.1 Å². The molecule has 0 aromatic heterocycles. The van der Waals surface area contributed by atoms with Crippen molar-refractivity contribution in [1.82, 2.24) is 0 Å². The minimum Gasteiger partial charge on any atom is -0.348 e. The third-order valence-electron chi connectivity index (χ3n) is 8.63. The molecule has 2 atom stereocenters. The van der Waals surface area contributed by atoms with Gasteiger partial charge in [0.25, 0.3) is 5.69 Å². The van der Waals surface area contributed by atoms with Crippen LogP contribution in [0.15, 0.2) is 97.1 Å². The van der Waals surface area contributed by atoms with Gasteiger partial charge in [-0.1, -0.05) is 90.5 Å². The zero-order valence-corrected chi connectivity index (χ0v) is 21.7. The van der Waals surface area contributed by atoms with Gasteiger partial charge < -0.3 is 4.74 Å². The van der Waals surface area contributed by atoms with E-state index in [-0.39, 0.29) is 33.5 Å². The lowest BCUT2D eigenvalue weighted by atomic mass is 9.60. The van der Waals surface area contributed by atoms with Crippen LogP contribution in [-0.4, -0.2) is 33.7 Å². The fourth-order valence-electron chi connectivity index (χ4n) is 6.89. The summed E-state index contributed by atoms with van der Waals surface area (Å²) < 4.78 is 6.61. The minimum atomic E-state index is -2.30. The van der Waals surface area contributed by atoms with Crippen LogP contribution in [0.4, 0.5) is 5.69 Å². The normalized spacial score (nSPS) is 21.5. The first-order valence-corrected chi connectivity index (χ1v) is 13.1. The predicted molar refractivity (Wildman–Crippen MR) is 146 cm³/mol. The number of carbonyl (C=O) groups is 4.